The summed E-state index contributed by atoms with van der Waals surface area (Å²) in [6, 6.07) is 0. The van der Waals surface area contributed by atoms with E-state index in [0.717, 1.165) is 31.2 Å². The summed E-state index contributed by atoms with van der Waals surface area (Å²) in [4.78, 5) is 2.45. The molecule has 1 saturated heterocycles. The number of nitrogens with zero attached hydrogens (tertiary/aromatic N) is 1. The molecular weight excluding hydrogens is 212 g/mol. The summed E-state index contributed by atoms with van der Waals surface area (Å²) in [7, 11) is 2.23. The molecule has 1 atom stereocenters. The Kier molecular flexibility index (Phi) is 5.26. The molecule has 0 aromatic carbocycles. The van der Waals surface area contributed by atoms with Gasteiger partial charge in [-0.25, -0.2) is 0 Å². The van der Waals surface area contributed by atoms with Crippen LogP contribution < -0.4 is 5.32 Å². The van der Waals surface area contributed by atoms with Crippen molar-refractivity contribution in [3.63, 3.8) is 0 Å². The predicted octanol–water partition coefficient (Wildman–Crippen LogP) is 1.47. The van der Waals surface area contributed by atoms with Gasteiger partial charge in [-0.1, -0.05) is 0 Å². The van der Waals surface area contributed by atoms with E-state index in [-0.39, 0.29) is 6.10 Å². The maximum absolute atomic E-state index is 9.46. The lowest BCUT2D eigenvalue weighted by Gasteiger charge is -2.31. The number of rotatable bonds is 4. The van der Waals surface area contributed by atoms with Gasteiger partial charge in [0, 0.05) is 6.54 Å². The van der Waals surface area contributed by atoms with E-state index in [1.807, 2.05) is 0 Å². The SMILES string of the molecule is CN1CCCC(CNCC2CCC(O)CC2)C1. The molecule has 2 aliphatic rings. The zero-order valence-corrected chi connectivity index (χ0v) is 11.2. The Morgan fingerprint density at radius 1 is 1.06 bits per heavy atom. The van der Waals surface area contributed by atoms with E-state index in [1.165, 1.54) is 45.3 Å². The number of piperidine rings is 1. The van der Waals surface area contributed by atoms with E-state index >= 15 is 0 Å². The van der Waals surface area contributed by atoms with Crippen molar-refractivity contribution >= 4 is 0 Å². The highest BCUT2D eigenvalue weighted by molar-refractivity contribution is 4.76. The van der Waals surface area contributed by atoms with Crippen LogP contribution in [0.4, 0.5) is 0 Å². The minimum absolute atomic E-state index is 0.0155. The third-order valence-electron chi connectivity index (χ3n) is 4.40. The number of aliphatic hydroxyl groups excluding tert-OH is 1. The second-order valence-electron chi connectivity index (χ2n) is 6.10. The van der Waals surface area contributed by atoms with Crippen molar-refractivity contribution in [2.24, 2.45) is 11.8 Å². The van der Waals surface area contributed by atoms with E-state index < -0.39 is 0 Å². The molecular formula is C14H28N2O. The van der Waals surface area contributed by atoms with E-state index in [9.17, 15) is 5.11 Å². The molecule has 1 heterocycles. The maximum Gasteiger partial charge on any atom is 0.0540 e. The Morgan fingerprint density at radius 2 is 1.76 bits per heavy atom. The molecule has 1 unspecified atom stereocenters. The summed E-state index contributed by atoms with van der Waals surface area (Å²) in [6.07, 6.45) is 7.17. The predicted molar refractivity (Wildman–Crippen MR) is 71.1 cm³/mol. The summed E-state index contributed by atoms with van der Waals surface area (Å²) in [5.41, 5.74) is 0. The molecule has 3 heteroatoms. The van der Waals surface area contributed by atoms with Gasteiger partial charge in [-0.15, -0.1) is 0 Å². The van der Waals surface area contributed by atoms with Gasteiger partial charge in [-0.05, 0) is 77.0 Å². The largest absolute Gasteiger partial charge is 0.393 e. The average Bonchev–Trinajstić information content (AvgIpc) is 2.32. The van der Waals surface area contributed by atoms with Crippen molar-refractivity contribution < 1.29 is 5.11 Å². The number of hydrogen-bond donors (Lipinski definition) is 2. The smallest absolute Gasteiger partial charge is 0.0540 e. The second kappa shape index (κ2) is 6.72. The molecule has 2 rings (SSSR count). The van der Waals surface area contributed by atoms with Crippen LogP contribution in [0.3, 0.4) is 0 Å². The summed E-state index contributed by atoms with van der Waals surface area (Å²) in [6.45, 7) is 4.88. The zero-order chi connectivity index (χ0) is 12.1. The summed E-state index contributed by atoms with van der Waals surface area (Å²) < 4.78 is 0. The summed E-state index contributed by atoms with van der Waals surface area (Å²) >= 11 is 0. The fourth-order valence-electron chi connectivity index (χ4n) is 3.28. The third-order valence-corrected chi connectivity index (χ3v) is 4.40. The Bertz CT molecular complexity index is 214. The molecule has 0 spiro atoms. The Labute approximate surface area is 106 Å². The first kappa shape index (κ1) is 13.3. The first-order valence-electron chi connectivity index (χ1n) is 7.31. The van der Waals surface area contributed by atoms with Gasteiger partial charge in [-0.3, -0.25) is 0 Å². The molecule has 2 fully saturated rings. The van der Waals surface area contributed by atoms with Gasteiger partial charge >= 0.3 is 0 Å². The highest BCUT2D eigenvalue weighted by Gasteiger charge is 2.20. The highest BCUT2D eigenvalue weighted by atomic mass is 16.3. The van der Waals surface area contributed by atoms with Crippen molar-refractivity contribution in [1.82, 2.24) is 10.2 Å². The van der Waals surface area contributed by atoms with Crippen LogP contribution in [0.2, 0.25) is 0 Å². The van der Waals surface area contributed by atoms with E-state index in [4.69, 9.17) is 0 Å². The van der Waals surface area contributed by atoms with Crippen molar-refractivity contribution in [2.45, 2.75) is 44.6 Å². The molecule has 2 N–H and O–H groups in total. The standard InChI is InChI=1S/C14H28N2O/c1-16-8-2-3-13(11-16)10-15-9-12-4-6-14(17)7-5-12/h12-15,17H,2-11H2,1H3. The minimum atomic E-state index is -0.0155. The monoisotopic (exact) mass is 240 g/mol. The topological polar surface area (TPSA) is 35.5 Å². The van der Waals surface area contributed by atoms with Crippen molar-refractivity contribution in [1.29, 1.82) is 0 Å². The third kappa shape index (κ3) is 4.57. The van der Waals surface area contributed by atoms with Crippen LogP contribution in [0.5, 0.6) is 0 Å². The summed E-state index contributed by atoms with van der Waals surface area (Å²) in [5, 5.41) is 13.1. The molecule has 17 heavy (non-hydrogen) atoms. The van der Waals surface area contributed by atoms with Gasteiger partial charge < -0.3 is 15.3 Å². The van der Waals surface area contributed by atoms with Gasteiger partial charge in [0.15, 0.2) is 0 Å². The molecule has 0 radical (unpaired) electrons. The van der Waals surface area contributed by atoms with E-state index in [2.05, 4.69) is 17.3 Å². The molecule has 0 bridgehead atoms. The summed E-state index contributed by atoms with van der Waals surface area (Å²) in [5.74, 6) is 1.66. The van der Waals surface area contributed by atoms with Crippen LogP contribution in [0.15, 0.2) is 0 Å². The van der Waals surface area contributed by atoms with Crippen LogP contribution in [0, 0.1) is 11.8 Å². The number of aliphatic hydroxyl groups is 1. The first-order chi connectivity index (χ1) is 8.24. The van der Waals surface area contributed by atoms with Gasteiger partial charge in [0.2, 0.25) is 0 Å². The normalized spacial score (nSPS) is 36.0. The fourth-order valence-corrected chi connectivity index (χ4v) is 3.28. The van der Waals surface area contributed by atoms with Crippen molar-refractivity contribution in [2.75, 3.05) is 33.2 Å². The van der Waals surface area contributed by atoms with Crippen LogP contribution in [0.25, 0.3) is 0 Å². The Hall–Kier alpha value is -0.120. The highest BCUT2D eigenvalue weighted by Crippen LogP contribution is 2.23. The Morgan fingerprint density at radius 3 is 2.47 bits per heavy atom. The van der Waals surface area contributed by atoms with Crippen LogP contribution in [-0.4, -0.2) is 49.3 Å². The molecule has 3 nitrogen and oxygen atoms in total. The van der Waals surface area contributed by atoms with Crippen molar-refractivity contribution in [3.05, 3.63) is 0 Å². The second-order valence-corrected chi connectivity index (χ2v) is 6.10. The quantitative estimate of drug-likeness (QED) is 0.781. The molecule has 0 aromatic heterocycles. The molecule has 0 amide bonds. The van der Waals surface area contributed by atoms with E-state index in [1.54, 1.807) is 0 Å². The minimum Gasteiger partial charge on any atom is -0.393 e. The molecule has 1 saturated carbocycles. The maximum atomic E-state index is 9.46. The van der Waals surface area contributed by atoms with Crippen LogP contribution >= 0.6 is 0 Å². The Balaban J connectivity index is 1.56. The van der Waals surface area contributed by atoms with Gasteiger partial charge in [0.1, 0.15) is 0 Å². The first-order valence-corrected chi connectivity index (χ1v) is 7.31. The number of likely N-dealkylation sites (tertiary alicyclic amines) is 1. The average molecular weight is 240 g/mol. The van der Waals surface area contributed by atoms with Gasteiger partial charge in [-0.2, -0.15) is 0 Å². The lowest BCUT2D eigenvalue weighted by Crippen LogP contribution is -2.39. The fraction of sp³-hybridized carbons (Fsp3) is 1.00. The number of hydrogen-bond acceptors (Lipinski definition) is 3. The van der Waals surface area contributed by atoms with Gasteiger partial charge in [0.05, 0.1) is 6.10 Å². The van der Waals surface area contributed by atoms with E-state index in [0.29, 0.717) is 0 Å². The lowest BCUT2D eigenvalue weighted by atomic mass is 9.87. The zero-order valence-electron chi connectivity index (χ0n) is 11.2. The lowest BCUT2D eigenvalue weighted by molar-refractivity contribution is 0.107. The van der Waals surface area contributed by atoms with Crippen LogP contribution in [0.1, 0.15) is 38.5 Å². The van der Waals surface area contributed by atoms with Crippen LogP contribution in [-0.2, 0) is 0 Å². The number of nitrogens with one attached hydrogen (secondary N) is 1. The molecule has 1 aliphatic carbocycles. The molecule has 0 aromatic rings. The van der Waals surface area contributed by atoms with Crippen molar-refractivity contribution in [3.8, 4) is 0 Å². The molecule has 1 aliphatic heterocycles. The van der Waals surface area contributed by atoms with Gasteiger partial charge in [0.25, 0.3) is 0 Å². The molecule has 100 valence electrons.